The summed E-state index contributed by atoms with van der Waals surface area (Å²) < 4.78 is 0. The van der Waals surface area contributed by atoms with Gasteiger partial charge >= 0.3 is 0 Å². The fourth-order valence-corrected chi connectivity index (χ4v) is 2.68. The molecule has 0 fully saturated rings. The molecule has 0 saturated heterocycles. The number of halogens is 1. The van der Waals surface area contributed by atoms with Gasteiger partial charge in [0.05, 0.1) is 0 Å². The minimum atomic E-state index is 0.537. The maximum atomic E-state index is 6.28. The Bertz CT molecular complexity index is 821. The molecule has 1 aromatic heterocycles. The predicted octanol–water partition coefficient (Wildman–Crippen LogP) is 3.96. The molecule has 6 heteroatoms. The lowest BCUT2D eigenvalue weighted by atomic mass is 10.2. The zero-order valence-corrected chi connectivity index (χ0v) is 14.7. The second-order valence-corrected chi connectivity index (χ2v) is 6.22. The third-order valence-electron chi connectivity index (χ3n) is 3.86. The van der Waals surface area contributed by atoms with Crippen molar-refractivity contribution in [1.29, 1.82) is 0 Å². The van der Waals surface area contributed by atoms with Crippen molar-refractivity contribution in [2.45, 2.75) is 13.1 Å². The third kappa shape index (κ3) is 4.39. The molecule has 2 aromatic carbocycles. The van der Waals surface area contributed by atoms with Gasteiger partial charge in [-0.05, 0) is 23.3 Å². The van der Waals surface area contributed by atoms with Gasteiger partial charge in [-0.15, -0.1) is 0 Å². The summed E-state index contributed by atoms with van der Waals surface area (Å²) in [5.74, 6) is 1.33. The molecule has 0 bridgehead atoms. The van der Waals surface area contributed by atoms with Crippen LogP contribution in [-0.2, 0) is 13.1 Å². The highest BCUT2D eigenvalue weighted by Crippen LogP contribution is 2.26. The van der Waals surface area contributed by atoms with Crippen LogP contribution in [0.25, 0.3) is 0 Å². The Balaban J connectivity index is 1.71. The van der Waals surface area contributed by atoms with E-state index in [-0.39, 0.29) is 0 Å². The van der Waals surface area contributed by atoms with E-state index in [4.69, 9.17) is 17.3 Å². The highest BCUT2D eigenvalue weighted by molar-refractivity contribution is 6.30. The van der Waals surface area contributed by atoms with Gasteiger partial charge in [0.25, 0.3) is 0 Å². The lowest BCUT2D eigenvalue weighted by Gasteiger charge is -2.21. The molecule has 0 spiro atoms. The summed E-state index contributed by atoms with van der Waals surface area (Å²) in [5, 5.41) is 3.98. The number of aromatic nitrogens is 2. The maximum absolute atomic E-state index is 6.28. The molecule has 5 nitrogen and oxygen atoms in total. The molecule has 1 heterocycles. The number of anilines is 3. The van der Waals surface area contributed by atoms with E-state index < -0.39 is 0 Å². The summed E-state index contributed by atoms with van der Waals surface area (Å²) in [5.41, 5.74) is 9.10. The summed E-state index contributed by atoms with van der Waals surface area (Å²) in [4.78, 5) is 10.6. The van der Waals surface area contributed by atoms with Crippen molar-refractivity contribution in [3.63, 3.8) is 0 Å². The first-order valence-corrected chi connectivity index (χ1v) is 8.35. The standard InChI is InChI=1S/C19H20ClN5/c1-25(12-15-5-3-2-4-6-15)19-17(21)18(23-13-24-19)22-11-14-7-9-16(20)10-8-14/h2-10,13H,11-12,21H2,1H3,(H,22,23,24). The van der Waals surface area contributed by atoms with Crippen LogP contribution < -0.4 is 16.0 Å². The molecule has 0 aliphatic heterocycles. The van der Waals surface area contributed by atoms with E-state index in [0.717, 1.165) is 17.1 Å². The van der Waals surface area contributed by atoms with Crippen LogP contribution in [0.2, 0.25) is 5.02 Å². The van der Waals surface area contributed by atoms with Crippen molar-refractivity contribution in [2.24, 2.45) is 0 Å². The Morgan fingerprint density at radius 3 is 2.44 bits per heavy atom. The van der Waals surface area contributed by atoms with E-state index in [9.17, 15) is 0 Å². The van der Waals surface area contributed by atoms with Crippen LogP contribution in [-0.4, -0.2) is 17.0 Å². The molecule has 128 valence electrons. The quantitative estimate of drug-likeness (QED) is 0.702. The van der Waals surface area contributed by atoms with Gasteiger partial charge < -0.3 is 16.0 Å². The minimum Gasteiger partial charge on any atom is -0.393 e. The van der Waals surface area contributed by atoms with Crippen molar-refractivity contribution in [3.8, 4) is 0 Å². The summed E-state index contributed by atoms with van der Waals surface area (Å²) in [6.07, 6.45) is 1.53. The molecule has 0 radical (unpaired) electrons. The number of nitrogen functional groups attached to an aromatic ring is 1. The predicted molar refractivity (Wildman–Crippen MR) is 104 cm³/mol. The van der Waals surface area contributed by atoms with Crippen LogP contribution in [0, 0.1) is 0 Å². The normalized spacial score (nSPS) is 10.5. The maximum Gasteiger partial charge on any atom is 0.157 e. The number of hydrogen-bond donors (Lipinski definition) is 2. The number of benzene rings is 2. The molecular formula is C19H20ClN5. The molecule has 0 amide bonds. The molecule has 25 heavy (non-hydrogen) atoms. The lowest BCUT2D eigenvalue weighted by molar-refractivity contribution is 0.893. The SMILES string of the molecule is CN(Cc1ccccc1)c1ncnc(NCc2ccc(Cl)cc2)c1N. The van der Waals surface area contributed by atoms with Gasteiger partial charge in [-0.1, -0.05) is 54.1 Å². The average molecular weight is 354 g/mol. The van der Waals surface area contributed by atoms with Crippen LogP contribution >= 0.6 is 11.6 Å². The van der Waals surface area contributed by atoms with Crippen molar-refractivity contribution >= 4 is 28.9 Å². The van der Waals surface area contributed by atoms with E-state index in [2.05, 4.69) is 27.4 Å². The summed E-state index contributed by atoms with van der Waals surface area (Å²) in [6, 6.07) is 17.9. The molecule has 0 aliphatic carbocycles. The highest BCUT2D eigenvalue weighted by atomic mass is 35.5. The Kier molecular flexibility index (Phi) is 5.36. The topological polar surface area (TPSA) is 67.1 Å². The Hall–Kier alpha value is -2.79. The smallest absolute Gasteiger partial charge is 0.157 e. The van der Waals surface area contributed by atoms with Crippen molar-refractivity contribution in [1.82, 2.24) is 9.97 Å². The molecule has 0 aliphatic rings. The monoisotopic (exact) mass is 353 g/mol. The first kappa shape index (κ1) is 17.0. The minimum absolute atomic E-state index is 0.537. The largest absolute Gasteiger partial charge is 0.393 e. The van der Waals surface area contributed by atoms with E-state index >= 15 is 0 Å². The van der Waals surface area contributed by atoms with Crippen LogP contribution in [0.4, 0.5) is 17.3 Å². The number of nitrogens with zero attached hydrogens (tertiary/aromatic N) is 3. The van der Waals surface area contributed by atoms with Gasteiger partial charge in [0.15, 0.2) is 11.6 Å². The fourth-order valence-electron chi connectivity index (χ4n) is 2.55. The van der Waals surface area contributed by atoms with Gasteiger partial charge in [0.2, 0.25) is 0 Å². The van der Waals surface area contributed by atoms with E-state index in [1.165, 1.54) is 11.9 Å². The Morgan fingerprint density at radius 1 is 1.00 bits per heavy atom. The van der Waals surface area contributed by atoms with E-state index in [1.807, 2.05) is 54.4 Å². The van der Waals surface area contributed by atoms with Crippen molar-refractivity contribution in [3.05, 3.63) is 77.1 Å². The highest BCUT2D eigenvalue weighted by Gasteiger charge is 2.12. The molecule has 3 rings (SSSR count). The van der Waals surface area contributed by atoms with Crippen LogP contribution in [0.3, 0.4) is 0 Å². The Morgan fingerprint density at radius 2 is 1.72 bits per heavy atom. The third-order valence-corrected chi connectivity index (χ3v) is 4.11. The number of rotatable bonds is 6. The zero-order chi connectivity index (χ0) is 17.6. The summed E-state index contributed by atoms with van der Waals surface area (Å²) >= 11 is 5.91. The second-order valence-electron chi connectivity index (χ2n) is 5.78. The molecule has 0 unspecified atom stereocenters. The van der Waals surface area contributed by atoms with Gasteiger partial charge in [-0.2, -0.15) is 0 Å². The van der Waals surface area contributed by atoms with Crippen molar-refractivity contribution < 1.29 is 0 Å². The van der Waals surface area contributed by atoms with Gasteiger partial charge in [-0.3, -0.25) is 0 Å². The first-order chi connectivity index (χ1) is 12.1. The van der Waals surface area contributed by atoms with Gasteiger partial charge in [0.1, 0.15) is 12.0 Å². The summed E-state index contributed by atoms with van der Waals surface area (Å²) in [7, 11) is 1.97. The van der Waals surface area contributed by atoms with Crippen LogP contribution in [0.5, 0.6) is 0 Å². The average Bonchev–Trinajstić information content (AvgIpc) is 2.63. The number of hydrogen-bond acceptors (Lipinski definition) is 5. The summed E-state index contributed by atoms with van der Waals surface area (Å²) in [6.45, 7) is 1.33. The molecule has 0 atom stereocenters. The van der Waals surface area contributed by atoms with Crippen molar-refractivity contribution in [2.75, 3.05) is 23.0 Å². The molecule has 3 N–H and O–H groups in total. The van der Waals surface area contributed by atoms with Gasteiger partial charge in [0, 0.05) is 25.2 Å². The first-order valence-electron chi connectivity index (χ1n) is 7.97. The molecule has 3 aromatic rings. The van der Waals surface area contributed by atoms with E-state index in [1.54, 1.807) is 0 Å². The van der Waals surface area contributed by atoms with E-state index in [0.29, 0.717) is 23.9 Å². The second kappa shape index (κ2) is 7.85. The number of nitrogens with two attached hydrogens (primary N) is 1. The van der Waals surface area contributed by atoms with Gasteiger partial charge in [-0.25, -0.2) is 9.97 Å². The lowest BCUT2D eigenvalue weighted by Crippen LogP contribution is -2.20. The zero-order valence-electron chi connectivity index (χ0n) is 14.0. The fraction of sp³-hybridized carbons (Fsp3) is 0.158. The number of nitrogens with one attached hydrogen (secondary N) is 1. The molecular weight excluding hydrogens is 334 g/mol. The molecule has 0 saturated carbocycles. The van der Waals surface area contributed by atoms with Crippen LogP contribution in [0.1, 0.15) is 11.1 Å². The Labute approximate surface area is 152 Å². The van der Waals surface area contributed by atoms with Crippen LogP contribution in [0.15, 0.2) is 60.9 Å².